The van der Waals surface area contributed by atoms with Crippen LogP contribution >= 0.6 is 0 Å². The number of nitrogens with zero attached hydrogens (tertiary/aromatic N) is 1. The smallest absolute Gasteiger partial charge is 0.120 e. The summed E-state index contributed by atoms with van der Waals surface area (Å²) in [4.78, 5) is 0. The second-order valence-corrected chi connectivity index (χ2v) is 5.55. The molecule has 0 saturated carbocycles. The number of nitriles is 1. The van der Waals surface area contributed by atoms with E-state index in [4.69, 9.17) is 5.26 Å². The highest BCUT2D eigenvalue weighted by Gasteiger charge is 2.32. The van der Waals surface area contributed by atoms with Crippen molar-refractivity contribution >= 4 is 0 Å². The lowest BCUT2D eigenvalue weighted by atomic mass is 9.97. The Morgan fingerprint density at radius 2 is 2.21 bits per heavy atom. The van der Waals surface area contributed by atoms with Crippen molar-refractivity contribution < 1.29 is 5.11 Å². The van der Waals surface area contributed by atoms with Gasteiger partial charge in [0, 0.05) is 17.6 Å². The number of rotatable bonds is 4. The first kappa shape index (κ1) is 13.9. The lowest BCUT2D eigenvalue weighted by molar-refractivity contribution is 0.400. The van der Waals surface area contributed by atoms with Crippen molar-refractivity contribution in [2.45, 2.75) is 58.0 Å². The predicted octanol–water partition coefficient (Wildman–Crippen LogP) is 3.53. The van der Waals surface area contributed by atoms with Crippen LogP contribution in [-0.2, 0) is 0 Å². The number of aryl methyl sites for hydroxylation is 1. The summed E-state index contributed by atoms with van der Waals surface area (Å²) in [6.07, 6.45) is 2.44. The average molecular weight is 258 g/mol. The van der Waals surface area contributed by atoms with Gasteiger partial charge in [-0.05, 0) is 42.9 Å². The van der Waals surface area contributed by atoms with Crippen LogP contribution in [0.15, 0.2) is 12.1 Å². The molecular weight excluding hydrogens is 236 g/mol. The third-order valence-electron chi connectivity index (χ3n) is 4.18. The van der Waals surface area contributed by atoms with Crippen molar-refractivity contribution in [1.29, 1.82) is 5.26 Å². The van der Waals surface area contributed by atoms with Gasteiger partial charge in [0.2, 0.25) is 0 Å². The molecule has 0 aromatic heterocycles. The number of aromatic hydroxyl groups is 1. The summed E-state index contributed by atoms with van der Waals surface area (Å²) in [5.41, 5.74) is 3.58. The quantitative estimate of drug-likeness (QED) is 0.868. The molecule has 1 aliphatic carbocycles. The first-order valence-electron chi connectivity index (χ1n) is 7.03. The number of phenols is 1. The highest BCUT2D eigenvalue weighted by Crippen LogP contribution is 2.46. The SMILES string of the molecule is CCC(CC#N)NC1CC(C)c2c(C)ccc(O)c21. The minimum absolute atomic E-state index is 0.170. The maximum atomic E-state index is 10.2. The monoisotopic (exact) mass is 258 g/mol. The van der Waals surface area contributed by atoms with Crippen LogP contribution in [0.1, 0.15) is 61.8 Å². The zero-order valence-corrected chi connectivity index (χ0v) is 11.9. The summed E-state index contributed by atoms with van der Waals surface area (Å²) in [6.45, 7) is 6.40. The van der Waals surface area contributed by atoms with Crippen molar-refractivity contribution in [2.24, 2.45) is 0 Å². The van der Waals surface area contributed by atoms with E-state index in [0.717, 1.165) is 18.4 Å². The summed E-state index contributed by atoms with van der Waals surface area (Å²) in [5.74, 6) is 0.841. The van der Waals surface area contributed by atoms with Gasteiger partial charge in [0.25, 0.3) is 0 Å². The Labute approximate surface area is 115 Å². The summed E-state index contributed by atoms with van der Waals surface area (Å²) in [5, 5.41) is 22.5. The molecule has 2 N–H and O–H groups in total. The number of benzene rings is 1. The Kier molecular flexibility index (Phi) is 4.11. The molecule has 0 bridgehead atoms. The molecule has 0 spiro atoms. The molecule has 1 aliphatic rings. The standard InChI is InChI=1S/C16H22N2O/c1-4-12(7-8-17)18-13-9-11(3)15-10(2)5-6-14(19)16(13)15/h5-6,11-13,18-19H,4,7,9H2,1-3H3. The molecule has 1 aromatic rings. The summed E-state index contributed by atoms with van der Waals surface area (Å²) in [6, 6.07) is 6.37. The van der Waals surface area contributed by atoms with E-state index < -0.39 is 0 Å². The fraction of sp³-hybridized carbons (Fsp3) is 0.562. The van der Waals surface area contributed by atoms with Crippen LogP contribution < -0.4 is 5.32 Å². The molecule has 2 rings (SSSR count). The maximum Gasteiger partial charge on any atom is 0.120 e. The van der Waals surface area contributed by atoms with Gasteiger partial charge in [-0.1, -0.05) is 19.9 Å². The molecule has 0 amide bonds. The van der Waals surface area contributed by atoms with E-state index in [-0.39, 0.29) is 12.1 Å². The fourth-order valence-corrected chi connectivity index (χ4v) is 3.21. The van der Waals surface area contributed by atoms with E-state index in [1.54, 1.807) is 6.07 Å². The molecule has 3 atom stereocenters. The Morgan fingerprint density at radius 1 is 1.47 bits per heavy atom. The lowest BCUT2D eigenvalue weighted by Gasteiger charge is -2.21. The number of phenolic OH excluding ortho intramolecular Hbond substituents is 1. The van der Waals surface area contributed by atoms with Crippen molar-refractivity contribution in [3.05, 3.63) is 28.8 Å². The zero-order valence-electron chi connectivity index (χ0n) is 11.9. The van der Waals surface area contributed by atoms with Crippen LogP contribution in [0.5, 0.6) is 5.75 Å². The largest absolute Gasteiger partial charge is 0.508 e. The number of fused-ring (bicyclic) bond motifs is 1. The van der Waals surface area contributed by atoms with E-state index in [2.05, 4.69) is 32.2 Å². The van der Waals surface area contributed by atoms with Crippen LogP contribution in [0.4, 0.5) is 0 Å². The zero-order chi connectivity index (χ0) is 14.0. The van der Waals surface area contributed by atoms with Gasteiger partial charge in [-0.3, -0.25) is 0 Å². The van der Waals surface area contributed by atoms with E-state index in [1.165, 1.54) is 11.1 Å². The van der Waals surface area contributed by atoms with Crippen LogP contribution in [0, 0.1) is 18.3 Å². The van der Waals surface area contributed by atoms with Crippen LogP contribution in [0.3, 0.4) is 0 Å². The number of nitrogens with one attached hydrogen (secondary N) is 1. The third-order valence-corrected chi connectivity index (χ3v) is 4.18. The highest BCUT2D eigenvalue weighted by molar-refractivity contribution is 5.50. The normalized spacial score (nSPS) is 22.8. The molecule has 3 nitrogen and oxygen atoms in total. The van der Waals surface area contributed by atoms with E-state index in [0.29, 0.717) is 18.1 Å². The molecule has 0 heterocycles. The van der Waals surface area contributed by atoms with Crippen molar-refractivity contribution in [3.8, 4) is 11.8 Å². The van der Waals surface area contributed by atoms with Gasteiger partial charge in [-0.25, -0.2) is 0 Å². The molecular formula is C16H22N2O. The van der Waals surface area contributed by atoms with Crippen LogP contribution in [0.25, 0.3) is 0 Å². The second-order valence-electron chi connectivity index (χ2n) is 5.55. The van der Waals surface area contributed by atoms with Gasteiger partial charge in [0.15, 0.2) is 0 Å². The minimum atomic E-state index is 0.170. The minimum Gasteiger partial charge on any atom is -0.508 e. The van der Waals surface area contributed by atoms with Crippen molar-refractivity contribution in [2.75, 3.05) is 0 Å². The van der Waals surface area contributed by atoms with Gasteiger partial charge in [-0.2, -0.15) is 5.26 Å². The molecule has 1 aromatic carbocycles. The van der Waals surface area contributed by atoms with Gasteiger partial charge >= 0.3 is 0 Å². The number of hydrogen-bond acceptors (Lipinski definition) is 3. The average Bonchev–Trinajstić information content (AvgIpc) is 2.71. The Morgan fingerprint density at radius 3 is 2.84 bits per heavy atom. The van der Waals surface area contributed by atoms with E-state index in [9.17, 15) is 5.11 Å². The first-order chi connectivity index (χ1) is 9.08. The Bertz CT molecular complexity index is 504. The Balaban J connectivity index is 2.29. The van der Waals surface area contributed by atoms with Crippen molar-refractivity contribution in [1.82, 2.24) is 5.32 Å². The van der Waals surface area contributed by atoms with Gasteiger partial charge in [-0.15, -0.1) is 0 Å². The summed E-state index contributed by atoms with van der Waals surface area (Å²) >= 11 is 0. The third kappa shape index (κ3) is 2.59. The predicted molar refractivity (Wildman–Crippen MR) is 76.1 cm³/mol. The molecule has 102 valence electrons. The first-order valence-corrected chi connectivity index (χ1v) is 7.03. The fourth-order valence-electron chi connectivity index (χ4n) is 3.21. The summed E-state index contributed by atoms with van der Waals surface area (Å²) < 4.78 is 0. The summed E-state index contributed by atoms with van der Waals surface area (Å²) in [7, 11) is 0. The molecule has 3 heteroatoms. The van der Waals surface area contributed by atoms with Gasteiger partial charge in [0.1, 0.15) is 5.75 Å². The van der Waals surface area contributed by atoms with Crippen molar-refractivity contribution in [3.63, 3.8) is 0 Å². The molecule has 0 aliphatic heterocycles. The highest BCUT2D eigenvalue weighted by atomic mass is 16.3. The topological polar surface area (TPSA) is 56.0 Å². The molecule has 19 heavy (non-hydrogen) atoms. The van der Waals surface area contributed by atoms with Crippen LogP contribution in [0.2, 0.25) is 0 Å². The van der Waals surface area contributed by atoms with Gasteiger partial charge in [0.05, 0.1) is 12.5 Å². The molecule has 3 unspecified atom stereocenters. The maximum absolute atomic E-state index is 10.2. The van der Waals surface area contributed by atoms with E-state index >= 15 is 0 Å². The van der Waals surface area contributed by atoms with E-state index in [1.807, 2.05) is 6.07 Å². The molecule has 0 radical (unpaired) electrons. The van der Waals surface area contributed by atoms with Crippen LogP contribution in [-0.4, -0.2) is 11.1 Å². The molecule has 0 saturated heterocycles. The lowest BCUT2D eigenvalue weighted by Crippen LogP contribution is -2.31. The molecule has 0 fully saturated rings. The second kappa shape index (κ2) is 5.63. The van der Waals surface area contributed by atoms with Gasteiger partial charge < -0.3 is 10.4 Å². The number of hydrogen-bond donors (Lipinski definition) is 2. The Hall–Kier alpha value is -1.53.